The number of rotatable bonds is 3. The first-order chi connectivity index (χ1) is 9.17. The topological polar surface area (TPSA) is 41.1 Å². The molecule has 0 unspecified atom stereocenters. The van der Waals surface area contributed by atoms with Crippen LogP contribution in [0.25, 0.3) is 0 Å². The smallest absolute Gasteiger partial charge is 0.318 e. The number of carbonyl (C=O) groups is 1. The van der Waals surface area contributed by atoms with E-state index < -0.39 is 0 Å². The standard InChI is InChI=1S/C14H13ClN2OS/c1-16-14(18)17-11-4-8-13(9-5-11)19-12-6-2-10(15)3-7-12/h2-9H,1H3,(H2,16,17,18). The van der Waals surface area contributed by atoms with Crippen LogP contribution in [-0.4, -0.2) is 13.1 Å². The fraction of sp³-hybridized carbons (Fsp3) is 0.0714. The number of amides is 2. The summed E-state index contributed by atoms with van der Waals surface area (Å²) in [6.45, 7) is 0. The second-order valence-corrected chi connectivity index (χ2v) is 5.37. The zero-order chi connectivity index (χ0) is 13.7. The highest BCUT2D eigenvalue weighted by Crippen LogP contribution is 2.29. The summed E-state index contributed by atoms with van der Waals surface area (Å²) in [5, 5.41) is 5.95. The van der Waals surface area contributed by atoms with Crippen molar-refractivity contribution in [1.82, 2.24) is 5.32 Å². The Hall–Kier alpha value is -1.65. The number of hydrogen-bond donors (Lipinski definition) is 2. The Morgan fingerprint density at radius 1 is 1.00 bits per heavy atom. The molecule has 5 heteroatoms. The predicted molar refractivity (Wildman–Crippen MR) is 80.1 cm³/mol. The highest BCUT2D eigenvalue weighted by atomic mass is 35.5. The van der Waals surface area contributed by atoms with Gasteiger partial charge in [-0.2, -0.15) is 0 Å². The van der Waals surface area contributed by atoms with Crippen molar-refractivity contribution < 1.29 is 4.79 Å². The average molecular weight is 293 g/mol. The molecule has 0 bridgehead atoms. The molecule has 0 saturated carbocycles. The molecule has 0 aromatic heterocycles. The van der Waals surface area contributed by atoms with Gasteiger partial charge >= 0.3 is 6.03 Å². The fourth-order valence-corrected chi connectivity index (χ4v) is 2.38. The van der Waals surface area contributed by atoms with Crippen molar-refractivity contribution in [3.63, 3.8) is 0 Å². The van der Waals surface area contributed by atoms with Crippen molar-refractivity contribution in [2.24, 2.45) is 0 Å². The molecular formula is C14H13ClN2OS. The molecule has 0 aliphatic heterocycles. The summed E-state index contributed by atoms with van der Waals surface area (Å²) in [7, 11) is 1.58. The fourth-order valence-electron chi connectivity index (χ4n) is 1.44. The number of benzene rings is 2. The van der Waals surface area contributed by atoms with E-state index in [4.69, 9.17) is 11.6 Å². The van der Waals surface area contributed by atoms with Crippen LogP contribution in [-0.2, 0) is 0 Å². The maximum absolute atomic E-state index is 11.1. The molecule has 2 aromatic rings. The van der Waals surface area contributed by atoms with Gasteiger partial charge < -0.3 is 10.6 Å². The van der Waals surface area contributed by atoms with Gasteiger partial charge in [-0.25, -0.2) is 4.79 Å². The van der Waals surface area contributed by atoms with Crippen molar-refractivity contribution >= 4 is 35.1 Å². The molecule has 0 aliphatic carbocycles. The Morgan fingerprint density at radius 2 is 1.53 bits per heavy atom. The second-order valence-electron chi connectivity index (χ2n) is 3.78. The van der Waals surface area contributed by atoms with Crippen molar-refractivity contribution in [3.05, 3.63) is 53.6 Å². The largest absolute Gasteiger partial charge is 0.341 e. The van der Waals surface area contributed by atoms with Crippen LogP contribution < -0.4 is 10.6 Å². The Morgan fingerprint density at radius 3 is 2.05 bits per heavy atom. The lowest BCUT2D eigenvalue weighted by Crippen LogP contribution is -2.24. The number of urea groups is 1. The second kappa shape index (κ2) is 6.50. The van der Waals surface area contributed by atoms with E-state index in [2.05, 4.69) is 10.6 Å². The summed E-state index contributed by atoms with van der Waals surface area (Å²) in [5.41, 5.74) is 0.764. The molecule has 3 nitrogen and oxygen atoms in total. The van der Waals surface area contributed by atoms with Gasteiger partial charge in [-0.1, -0.05) is 23.4 Å². The van der Waals surface area contributed by atoms with E-state index in [0.29, 0.717) is 0 Å². The van der Waals surface area contributed by atoms with Gasteiger partial charge in [0.1, 0.15) is 0 Å². The monoisotopic (exact) mass is 292 g/mol. The van der Waals surface area contributed by atoms with Crippen molar-refractivity contribution in [2.45, 2.75) is 9.79 Å². The Balaban J connectivity index is 2.02. The first-order valence-corrected chi connectivity index (χ1v) is 6.89. The molecule has 19 heavy (non-hydrogen) atoms. The number of nitrogens with one attached hydrogen (secondary N) is 2. The van der Waals surface area contributed by atoms with Crippen molar-refractivity contribution in [2.75, 3.05) is 12.4 Å². The van der Waals surface area contributed by atoms with Crippen LogP contribution >= 0.6 is 23.4 Å². The van der Waals surface area contributed by atoms with E-state index in [1.54, 1.807) is 18.8 Å². The van der Waals surface area contributed by atoms with Gasteiger partial charge in [0, 0.05) is 27.5 Å². The first-order valence-electron chi connectivity index (χ1n) is 5.69. The summed E-state index contributed by atoms with van der Waals surface area (Å²) in [6.07, 6.45) is 0. The summed E-state index contributed by atoms with van der Waals surface area (Å²) >= 11 is 7.48. The number of halogens is 1. The van der Waals surface area contributed by atoms with Crippen LogP contribution in [0.3, 0.4) is 0 Å². The maximum atomic E-state index is 11.1. The molecule has 2 rings (SSSR count). The third-order valence-corrected chi connectivity index (χ3v) is 3.66. The van der Waals surface area contributed by atoms with Gasteiger partial charge in [0.2, 0.25) is 0 Å². The molecule has 0 atom stereocenters. The van der Waals surface area contributed by atoms with Gasteiger partial charge in [-0.3, -0.25) is 0 Å². The van der Waals surface area contributed by atoms with Gasteiger partial charge in [0.25, 0.3) is 0 Å². The summed E-state index contributed by atoms with van der Waals surface area (Å²) in [4.78, 5) is 13.4. The van der Waals surface area contributed by atoms with Crippen LogP contribution in [0.4, 0.5) is 10.5 Å². The molecule has 2 N–H and O–H groups in total. The van der Waals surface area contributed by atoms with Crippen LogP contribution in [0, 0.1) is 0 Å². The lowest BCUT2D eigenvalue weighted by Gasteiger charge is -2.06. The summed E-state index contributed by atoms with van der Waals surface area (Å²) in [5.74, 6) is 0. The molecule has 2 aromatic carbocycles. The summed E-state index contributed by atoms with van der Waals surface area (Å²) < 4.78 is 0. The van der Waals surface area contributed by atoms with Crippen LogP contribution in [0.2, 0.25) is 5.02 Å². The quantitative estimate of drug-likeness (QED) is 0.888. The number of hydrogen-bond acceptors (Lipinski definition) is 2. The molecule has 0 saturated heterocycles. The van der Waals surface area contributed by atoms with Crippen LogP contribution in [0.15, 0.2) is 58.3 Å². The Labute approximate surface area is 121 Å². The Bertz CT molecular complexity index is 555. The van der Waals surface area contributed by atoms with Crippen LogP contribution in [0.1, 0.15) is 0 Å². The van der Waals surface area contributed by atoms with E-state index in [0.717, 1.165) is 20.5 Å². The van der Waals surface area contributed by atoms with E-state index in [9.17, 15) is 4.79 Å². The Kier molecular flexibility index (Phi) is 4.71. The van der Waals surface area contributed by atoms with Crippen molar-refractivity contribution in [1.29, 1.82) is 0 Å². The van der Waals surface area contributed by atoms with Gasteiger partial charge in [-0.15, -0.1) is 0 Å². The third kappa shape index (κ3) is 4.19. The minimum Gasteiger partial charge on any atom is -0.341 e. The van der Waals surface area contributed by atoms with E-state index in [-0.39, 0.29) is 6.03 Å². The molecule has 2 amide bonds. The van der Waals surface area contributed by atoms with Crippen molar-refractivity contribution in [3.8, 4) is 0 Å². The normalized spacial score (nSPS) is 10.0. The molecule has 98 valence electrons. The molecule has 0 heterocycles. The molecular weight excluding hydrogens is 280 g/mol. The van der Waals surface area contributed by atoms with E-state index >= 15 is 0 Å². The number of anilines is 1. The van der Waals surface area contributed by atoms with E-state index in [1.165, 1.54) is 0 Å². The van der Waals surface area contributed by atoms with E-state index in [1.807, 2.05) is 48.5 Å². The number of carbonyl (C=O) groups excluding carboxylic acids is 1. The first kappa shape index (κ1) is 13.8. The average Bonchev–Trinajstić information content (AvgIpc) is 2.43. The highest BCUT2D eigenvalue weighted by Gasteiger charge is 2.00. The van der Waals surface area contributed by atoms with Crippen LogP contribution in [0.5, 0.6) is 0 Å². The molecule has 0 fully saturated rings. The van der Waals surface area contributed by atoms with Gasteiger partial charge in [0.15, 0.2) is 0 Å². The maximum Gasteiger partial charge on any atom is 0.318 e. The summed E-state index contributed by atoms with van der Waals surface area (Å²) in [6, 6.07) is 15.1. The zero-order valence-corrected chi connectivity index (χ0v) is 11.9. The zero-order valence-electron chi connectivity index (χ0n) is 10.3. The minimum absolute atomic E-state index is 0.224. The highest BCUT2D eigenvalue weighted by molar-refractivity contribution is 7.99. The molecule has 0 aliphatic rings. The SMILES string of the molecule is CNC(=O)Nc1ccc(Sc2ccc(Cl)cc2)cc1. The van der Waals surface area contributed by atoms with Gasteiger partial charge in [0.05, 0.1) is 0 Å². The third-order valence-electron chi connectivity index (χ3n) is 2.39. The molecule has 0 radical (unpaired) electrons. The lowest BCUT2D eigenvalue weighted by atomic mass is 10.3. The lowest BCUT2D eigenvalue weighted by molar-refractivity contribution is 0.254. The predicted octanol–water partition coefficient (Wildman–Crippen LogP) is 4.24. The van der Waals surface area contributed by atoms with Gasteiger partial charge in [-0.05, 0) is 48.5 Å². The minimum atomic E-state index is -0.224. The molecule has 0 spiro atoms.